The highest BCUT2D eigenvalue weighted by Crippen LogP contribution is 2.34. The third kappa shape index (κ3) is 4.54. The van der Waals surface area contributed by atoms with E-state index in [-0.39, 0.29) is 0 Å². The Morgan fingerprint density at radius 3 is 2.67 bits per heavy atom. The Labute approximate surface area is 93.7 Å². The van der Waals surface area contributed by atoms with E-state index in [1.165, 1.54) is 19.3 Å². The van der Waals surface area contributed by atoms with Crippen LogP contribution in [0, 0.1) is 5.92 Å². The van der Waals surface area contributed by atoms with Crippen LogP contribution in [0.2, 0.25) is 0 Å². The average molecular weight is 211 g/mol. The summed E-state index contributed by atoms with van der Waals surface area (Å²) in [5.41, 5.74) is 0. The normalized spacial score (nSPS) is 25.1. The Balaban J connectivity index is 2.26. The van der Waals surface area contributed by atoms with E-state index in [0.29, 0.717) is 6.04 Å². The molecule has 0 radical (unpaired) electrons. The second kappa shape index (κ2) is 6.70. The fourth-order valence-electron chi connectivity index (χ4n) is 1.83. The lowest BCUT2D eigenvalue weighted by Gasteiger charge is -2.10. The van der Waals surface area contributed by atoms with Crippen LogP contribution in [0.15, 0.2) is 4.99 Å². The molecule has 0 aromatic rings. The summed E-state index contributed by atoms with van der Waals surface area (Å²) in [4.78, 5) is 4.50. The van der Waals surface area contributed by atoms with Crippen molar-refractivity contribution < 1.29 is 0 Å². The van der Waals surface area contributed by atoms with E-state index in [4.69, 9.17) is 0 Å². The molecule has 2 atom stereocenters. The van der Waals surface area contributed by atoms with Crippen molar-refractivity contribution in [1.29, 1.82) is 0 Å². The summed E-state index contributed by atoms with van der Waals surface area (Å²) in [6, 6.07) is 0.680. The lowest BCUT2D eigenvalue weighted by molar-refractivity contribution is 0.655. The van der Waals surface area contributed by atoms with Crippen molar-refractivity contribution in [3.8, 4) is 0 Å². The van der Waals surface area contributed by atoms with Crippen molar-refractivity contribution in [3.63, 3.8) is 0 Å². The third-order valence-electron chi connectivity index (χ3n) is 2.74. The Hall–Kier alpha value is -0.730. The monoisotopic (exact) mass is 211 g/mol. The van der Waals surface area contributed by atoms with E-state index in [1.54, 1.807) is 0 Å². The van der Waals surface area contributed by atoms with Crippen LogP contribution in [-0.2, 0) is 0 Å². The maximum Gasteiger partial charge on any atom is 0.191 e. The van der Waals surface area contributed by atoms with Crippen LogP contribution in [0.1, 0.15) is 46.5 Å². The zero-order chi connectivity index (χ0) is 11.1. The van der Waals surface area contributed by atoms with Gasteiger partial charge in [0.05, 0.1) is 0 Å². The van der Waals surface area contributed by atoms with Gasteiger partial charge in [0.15, 0.2) is 5.96 Å². The predicted molar refractivity (Wildman–Crippen MR) is 66.2 cm³/mol. The average Bonchev–Trinajstić information content (AvgIpc) is 2.94. The summed E-state index contributed by atoms with van der Waals surface area (Å²) < 4.78 is 0. The Morgan fingerprint density at radius 1 is 1.27 bits per heavy atom. The summed E-state index contributed by atoms with van der Waals surface area (Å²) in [6.45, 7) is 8.39. The van der Waals surface area contributed by atoms with Gasteiger partial charge in [0.2, 0.25) is 0 Å². The van der Waals surface area contributed by atoms with Crippen LogP contribution < -0.4 is 10.6 Å². The molecule has 15 heavy (non-hydrogen) atoms. The molecule has 88 valence electrons. The van der Waals surface area contributed by atoms with Crippen LogP contribution in [0.3, 0.4) is 0 Å². The maximum atomic E-state index is 4.50. The maximum absolute atomic E-state index is 4.50. The van der Waals surface area contributed by atoms with E-state index in [0.717, 1.165) is 31.4 Å². The van der Waals surface area contributed by atoms with Crippen molar-refractivity contribution >= 4 is 5.96 Å². The number of guanidine groups is 1. The van der Waals surface area contributed by atoms with E-state index in [1.807, 2.05) is 0 Å². The minimum Gasteiger partial charge on any atom is -0.357 e. The van der Waals surface area contributed by atoms with Gasteiger partial charge in [-0.15, -0.1) is 0 Å². The summed E-state index contributed by atoms with van der Waals surface area (Å²) >= 11 is 0. The van der Waals surface area contributed by atoms with E-state index < -0.39 is 0 Å². The van der Waals surface area contributed by atoms with Gasteiger partial charge in [0.25, 0.3) is 0 Å². The highest BCUT2D eigenvalue weighted by atomic mass is 15.2. The van der Waals surface area contributed by atoms with Gasteiger partial charge in [0.1, 0.15) is 0 Å². The summed E-state index contributed by atoms with van der Waals surface area (Å²) in [5, 5.41) is 6.79. The SMILES string of the molecule is CCCN=C(NCC)NC1CC1CCC. The molecular weight excluding hydrogens is 186 g/mol. The molecule has 0 heterocycles. The highest BCUT2D eigenvalue weighted by Gasteiger charge is 2.36. The Bertz CT molecular complexity index is 201. The van der Waals surface area contributed by atoms with Gasteiger partial charge in [-0.1, -0.05) is 20.3 Å². The minimum absolute atomic E-state index is 0.680. The molecular formula is C12H25N3. The van der Waals surface area contributed by atoms with Crippen molar-refractivity contribution in [2.75, 3.05) is 13.1 Å². The molecule has 0 saturated heterocycles. The topological polar surface area (TPSA) is 36.4 Å². The lowest BCUT2D eigenvalue weighted by Crippen LogP contribution is -2.39. The standard InChI is InChI=1S/C12H25N3/c1-4-7-10-9-11(10)15-12(13-6-3)14-8-5-2/h10-11H,4-9H2,1-3H3,(H2,13,14,15). The molecule has 3 nitrogen and oxygen atoms in total. The fourth-order valence-corrected chi connectivity index (χ4v) is 1.83. The molecule has 1 saturated carbocycles. The Kier molecular flexibility index (Phi) is 5.51. The Morgan fingerprint density at radius 2 is 2.07 bits per heavy atom. The molecule has 2 N–H and O–H groups in total. The largest absolute Gasteiger partial charge is 0.357 e. The van der Waals surface area contributed by atoms with Crippen LogP contribution in [0.5, 0.6) is 0 Å². The number of nitrogens with one attached hydrogen (secondary N) is 2. The van der Waals surface area contributed by atoms with Gasteiger partial charge in [-0.2, -0.15) is 0 Å². The fraction of sp³-hybridized carbons (Fsp3) is 0.917. The predicted octanol–water partition coefficient (Wildman–Crippen LogP) is 2.14. The van der Waals surface area contributed by atoms with Crippen LogP contribution in [0.25, 0.3) is 0 Å². The highest BCUT2D eigenvalue weighted by molar-refractivity contribution is 5.80. The first kappa shape index (κ1) is 12.3. The van der Waals surface area contributed by atoms with Gasteiger partial charge < -0.3 is 10.6 Å². The molecule has 1 rings (SSSR count). The molecule has 1 aliphatic carbocycles. The summed E-state index contributed by atoms with van der Waals surface area (Å²) in [7, 11) is 0. The van der Waals surface area contributed by atoms with Gasteiger partial charge in [0, 0.05) is 19.1 Å². The molecule has 3 heteroatoms. The van der Waals surface area contributed by atoms with Crippen LogP contribution >= 0.6 is 0 Å². The molecule has 1 aliphatic rings. The minimum atomic E-state index is 0.680. The quantitative estimate of drug-likeness (QED) is 0.521. The van der Waals surface area contributed by atoms with E-state index >= 15 is 0 Å². The third-order valence-corrected chi connectivity index (χ3v) is 2.74. The molecule has 1 fully saturated rings. The van der Waals surface area contributed by atoms with Crippen molar-refractivity contribution in [3.05, 3.63) is 0 Å². The number of rotatable bonds is 6. The van der Waals surface area contributed by atoms with Crippen molar-refractivity contribution in [1.82, 2.24) is 10.6 Å². The summed E-state index contributed by atoms with van der Waals surface area (Å²) in [5.74, 6) is 1.89. The van der Waals surface area contributed by atoms with E-state index in [2.05, 4.69) is 36.4 Å². The molecule has 2 unspecified atom stereocenters. The zero-order valence-electron chi connectivity index (χ0n) is 10.3. The van der Waals surface area contributed by atoms with E-state index in [9.17, 15) is 0 Å². The zero-order valence-corrected chi connectivity index (χ0v) is 10.3. The molecule has 0 bridgehead atoms. The molecule has 0 aromatic carbocycles. The second-order valence-corrected chi connectivity index (χ2v) is 4.30. The van der Waals surface area contributed by atoms with Gasteiger partial charge in [-0.05, 0) is 32.1 Å². The van der Waals surface area contributed by atoms with Crippen LogP contribution in [0.4, 0.5) is 0 Å². The second-order valence-electron chi connectivity index (χ2n) is 4.30. The first-order valence-electron chi connectivity index (χ1n) is 6.36. The molecule has 0 spiro atoms. The number of hydrogen-bond acceptors (Lipinski definition) is 1. The molecule has 0 aliphatic heterocycles. The lowest BCUT2D eigenvalue weighted by atomic mass is 10.2. The first-order chi connectivity index (χ1) is 7.31. The molecule has 0 amide bonds. The van der Waals surface area contributed by atoms with Gasteiger partial charge >= 0.3 is 0 Å². The first-order valence-corrected chi connectivity index (χ1v) is 6.36. The van der Waals surface area contributed by atoms with Crippen LogP contribution in [-0.4, -0.2) is 25.1 Å². The number of hydrogen-bond donors (Lipinski definition) is 2. The van der Waals surface area contributed by atoms with Crippen molar-refractivity contribution in [2.45, 2.75) is 52.5 Å². The smallest absolute Gasteiger partial charge is 0.191 e. The number of nitrogens with zero attached hydrogens (tertiary/aromatic N) is 1. The van der Waals surface area contributed by atoms with Gasteiger partial charge in [-0.25, -0.2) is 0 Å². The van der Waals surface area contributed by atoms with Gasteiger partial charge in [-0.3, -0.25) is 4.99 Å². The number of aliphatic imine (C=N–C) groups is 1. The molecule has 0 aromatic heterocycles. The van der Waals surface area contributed by atoms with Crippen molar-refractivity contribution in [2.24, 2.45) is 10.9 Å². The summed E-state index contributed by atoms with van der Waals surface area (Å²) in [6.07, 6.45) is 5.08.